The van der Waals surface area contributed by atoms with Crippen molar-refractivity contribution in [2.45, 2.75) is 46.0 Å². The molecule has 0 saturated heterocycles. The van der Waals surface area contributed by atoms with E-state index in [0.29, 0.717) is 12.5 Å². The van der Waals surface area contributed by atoms with Gasteiger partial charge in [-0.25, -0.2) is 4.99 Å². The van der Waals surface area contributed by atoms with E-state index in [1.54, 1.807) is 0 Å². The average molecular weight is 377 g/mol. The third kappa shape index (κ3) is 4.97. The Balaban J connectivity index is 2.37. The van der Waals surface area contributed by atoms with E-state index in [9.17, 15) is 13.2 Å². The minimum absolute atomic E-state index is 0.0459. The highest BCUT2D eigenvalue weighted by Crippen LogP contribution is 2.32. The number of alkyl halides is 3. The molecule has 0 bridgehead atoms. The highest BCUT2D eigenvalue weighted by Gasteiger charge is 2.32. The summed E-state index contributed by atoms with van der Waals surface area (Å²) in [6.45, 7) is 8.53. The van der Waals surface area contributed by atoms with E-state index in [2.05, 4.69) is 25.8 Å². The fraction of sp³-hybridized carbons (Fsp3) is 0.533. The molecule has 0 amide bonds. The predicted molar refractivity (Wildman–Crippen MR) is 90.7 cm³/mol. The van der Waals surface area contributed by atoms with Gasteiger partial charge < -0.3 is 10.6 Å². The summed E-state index contributed by atoms with van der Waals surface area (Å²) >= 11 is 5.90. The minimum Gasteiger partial charge on any atom is -0.357 e. The molecule has 0 unspecified atom stereocenters. The number of fused-ring (bicyclic) bond motifs is 1. The van der Waals surface area contributed by atoms with Crippen molar-refractivity contribution in [1.82, 2.24) is 25.2 Å². The van der Waals surface area contributed by atoms with Crippen LogP contribution in [0.1, 0.15) is 39.1 Å². The number of guanidine groups is 1. The van der Waals surface area contributed by atoms with Crippen LogP contribution in [0.3, 0.4) is 0 Å². The zero-order chi connectivity index (χ0) is 18.8. The van der Waals surface area contributed by atoms with Gasteiger partial charge >= 0.3 is 6.18 Å². The fourth-order valence-corrected chi connectivity index (χ4v) is 2.32. The lowest BCUT2D eigenvalue weighted by molar-refractivity contribution is -0.137. The molecule has 2 heterocycles. The summed E-state index contributed by atoms with van der Waals surface area (Å²) in [5.74, 6) is 0.791. The molecule has 2 N–H and O–H groups in total. The van der Waals surface area contributed by atoms with Crippen molar-refractivity contribution in [1.29, 1.82) is 0 Å². The Morgan fingerprint density at radius 2 is 1.96 bits per heavy atom. The maximum atomic E-state index is 13.0. The number of hydrogen-bond donors (Lipinski definition) is 2. The predicted octanol–water partition coefficient (Wildman–Crippen LogP) is 3.26. The summed E-state index contributed by atoms with van der Waals surface area (Å²) in [6.07, 6.45) is -3.58. The number of rotatable bonds is 3. The number of nitrogens with one attached hydrogen (secondary N) is 2. The van der Waals surface area contributed by atoms with Gasteiger partial charge in [0, 0.05) is 18.3 Å². The maximum absolute atomic E-state index is 13.0. The van der Waals surface area contributed by atoms with Gasteiger partial charge in [-0.05, 0) is 33.8 Å². The monoisotopic (exact) mass is 376 g/mol. The van der Waals surface area contributed by atoms with Gasteiger partial charge in [0.25, 0.3) is 0 Å². The molecule has 2 aromatic heterocycles. The highest BCUT2D eigenvalue weighted by molar-refractivity contribution is 6.33. The van der Waals surface area contributed by atoms with Crippen molar-refractivity contribution in [3.8, 4) is 0 Å². The molecule has 0 aliphatic heterocycles. The standard InChI is InChI=1S/C15H20ClF3N6/c1-5-20-13(22-14(2,3)4)21-7-11-23-24-12-10(16)6-9(8-25(11)12)15(17,18)19/h6,8H,5,7H2,1-4H3,(H2,20,21,22). The molecule has 0 saturated carbocycles. The molecule has 0 radical (unpaired) electrons. The number of halogens is 4. The smallest absolute Gasteiger partial charge is 0.357 e. The Kier molecular flexibility index (Phi) is 5.46. The molecule has 0 aliphatic carbocycles. The van der Waals surface area contributed by atoms with Crippen LogP contribution >= 0.6 is 11.6 Å². The highest BCUT2D eigenvalue weighted by atomic mass is 35.5. The van der Waals surface area contributed by atoms with Gasteiger partial charge in [0.05, 0.1) is 10.6 Å². The molecule has 2 aromatic rings. The summed E-state index contributed by atoms with van der Waals surface area (Å²) in [5, 5.41) is 13.9. The summed E-state index contributed by atoms with van der Waals surface area (Å²) in [6, 6.07) is 0.837. The van der Waals surface area contributed by atoms with E-state index in [-0.39, 0.29) is 28.6 Å². The van der Waals surface area contributed by atoms with Crippen LogP contribution in [0.2, 0.25) is 5.02 Å². The van der Waals surface area contributed by atoms with Crippen LogP contribution in [0.25, 0.3) is 5.65 Å². The number of aliphatic imine (C=N–C) groups is 1. The third-order valence-electron chi connectivity index (χ3n) is 3.07. The van der Waals surface area contributed by atoms with Crippen LogP contribution in [0.5, 0.6) is 0 Å². The second kappa shape index (κ2) is 7.07. The van der Waals surface area contributed by atoms with E-state index in [0.717, 1.165) is 12.3 Å². The molecule has 2 rings (SSSR count). The third-order valence-corrected chi connectivity index (χ3v) is 3.35. The van der Waals surface area contributed by atoms with E-state index in [1.165, 1.54) is 4.40 Å². The van der Waals surface area contributed by atoms with Crippen molar-refractivity contribution < 1.29 is 13.2 Å². The van der Waals surface area contributed by atoms with Crippen LogP contribution in [-0.2, 0) is 12.7 Å². The second-order valence-electron chi connectivity index (χ2n) is 6.45. The first-order valence-corrected chi connectivity index (χ1v) is 8.06. The second-order valence-corrected chi connectivity index (χ2v) is 6.86. The first-order valence-electron chi connectivity index (χ1n) is 7.68. The van der Waals surface area contributed by atoms with Gasteiger partial charge in [-0.15, -0.1) is 10.2 Å². The normalized spacial score (nSPS) is 13.4. The zero-order valence-electron chi connectivity index (χ0n) is 14.4. The number of pyridine rings is 1. The first kappa shape index (κ1) is 19.3. The molecule has 0 atom stereocenters. The minimum atomic E-state index is -4.51. The van der Waals surface area contributed by atoms with Gasteiger partial charge in [-0.1, -0.05) is 11.6 Å². The summed E-state index contributed by atoms with van der Waals surface area (Å²) in [4.78, 5) is 4.36. The Bertz CT molecular complexity index is 776. The van der Waals surface area contributed by atoms with E-state index >= 15 is 0 Å². The molecule has 138 valence electrons. The van der Waals surface area contributed by atoms with Gasteiger partial charge in [0.2, 0.25) is 0 Å². The lowest BCUT2D eigenvalue weighted by Gasteiger charge is -2.23. The lowest BCUT2D eigenvalue weighted by Crippen LogP contribution is -2.47. The van der Waals surface area contributed by atoms with Gasteiger partial charge in [0.15, 0.2) is 17.4 Å². The van der Waals surface area contributed by atoms with Crippen LogP contribution in [-0.4, -0.2) is 32.6 Å². The van der Waals surface area contributed by atoms with Crippen molar-refractivity contribution in [3.05, 3.63) is 28.7 Å². The van der Waals surface area contributed by atoms with Crippen molar-refractivity contribution in [2.24, 2.45) is 4.99 Å². The maximum Gasteiger partial charge on any atom is 0.417 e. The van der Waals surface area contributed by atoms with Crippen LogP contribution in [0, 0.1) is 0 Å². The van der Waals surface area contributed by atoms with Gasteiger partial charge in [-0.3, -0.25) is 4.40 Å². The first-order chi connectivity index (χ1) is 11.5. The molecule has 6 nitrogen and oxygen atoms in total. The molecule has 0 aliphatic rings. The summed E-state index contributed by atoms with van der Waals surface area (Å²) < 4.78 is 40.1. The van der Waals surface area contributed by atoms with Crippen LogP contribution in [0.4, 0.5) is 13.2 Å². The average Bonchev–Trinajstić information content (AvgIpc) is 2.86. The van der Waals surface area contributed by atoms with E-state index < -0.39 is 11.7 Å². The molecule has 0 fully saturated rings. The quantitative estimate of drug-likeness (QED) is 0.637. The van der Waals surface area contributed by atoms with E-state index in [4.69, 9.17) is 11.6 Å². The Labute approximate surface area is 148 Å². The number of aromatic nitrogens is 3. The summed E-state index contributed by atoms with van der Waals surface area (Å²) in [7, 11) is 0. The molecule has 25 heavy (non-hydrogen) atoms. The zero-order valence-corrected chi connectivity index (χ0v) is 15.1. The van der Waals surface area contributed by atoms with Crippen molar-refractivity contribution >= 4 is 23.2 Å². The van der Waals surface area contributed by atoms with Crippen LogP contribution in [0.15, 0.2) is 17.3 Å². The topological polar surface area (TPSA) is 66.6 Å². The van der Waals surface area contributed by atoms with Crippen molar-refractivity contribution in [3.63, 3.8) is 0 Å². The van der Waals surface area contributed by atoms with Gasteiger partial charge in [-0.2, -0.15) is 13.2 Å². The Hall–Kier alpha value is -2.03. The van der Waals surface area contributed by atoms with Crippen LogP contribution < -0.4 is 10.6 Å². The molecule has 10 heteroatoms. The summed E-state index contributed by atoms with van der Waals surface area (Å²) in [5.41, 5.74) is -0.927. The van der Waals surface area contributed by atoms with Gasteiger partial charge in [0.1, 0.15) is 6.54 Å². The Morgan fingerprint density at radius 1 is 1.28 bits per heavy atom. The number of nitrogens with zero attached hydrogens (tertiary/aromatic N) is 4. The molecular weight excluding hydrogens is 357 g/mol. The fourth-order valence-electron chi connectivity index (χ4n) is 2.07. The largest absolute Gasteiger partial charge is 0.417 e. The SMILES string of the molecule is CCNC(=NCc1nnc2c(Cl)cc(C(F)(F)F)cn12)NC(C)(C)C. The van der Waals surface area contributed by atoms with Crippen molar-refractivity contribution in [2.75, 3.05) is 6.54 Å². The molecular formula is C15H20ClF3N6. The Morgan fingerprint density at radius 3 is 2.52 bits per heavy atom. The number of hydrogen-bond acceptors (Lipinski definition) is 3. The molecule has 0 aromatic carbocycles. The van der Waals surface area contributed by atoms with E-state index in [1.807, 2.05) is 27.7 Å². The molecule has 0 spiro atoms. The lowest BCUT2D eigenvalue weighted by atomic mass is 10.1.